The minimum absolute atomic E-state index is 0.0481. The van der Waals surface area contributed by atoms with E-state index in [9.17, 15) is 4.79 Å². The SMILES string of the molecule is Nc1cccnc1N1CCCC(n2c(=O)[nH]c3cnc4[nH]ccc4c32)C1. The van der Waals surface area contributed by atoms with E-state index in [1.54, 1.807) is 12.4 Å². The van der Waals surface area contributed by atoms with E-state index in [0.717, 1.165) is 47.3 Å². The number of piperidine rings is 1. The van der Waals surface area contributed by atoms with Crippen LogP contribution in [0.15, 0.2) is 41.6 Å². The van der Waals surface area contributed by atoms with Crippen LogP contribution < -0.4 is 16.3 Å². The molecule has 0 spiro atoms. The molecule has 8 nitrogen and oxygen atoms in total. The van der Waals surface area contributed by atoms with E-state index in [1.165, 1.54) is 0 Å². The molecule has 1 fully saturated rings. The molecule has 1 unspecified atom stereocenters. The summed E-state index contributed by atoms with van der Waals surface area (Å²) in [6.07, 6.45) is 7.22. The van der Waals surface area contributed by atoms with E-state index in [-0.39, 0.29) is 11.7 Å². The Morgan fingerprint density at radius 3 is 3.08 bits per heavy atom. The fourth-order valence-electron chi connectivity index (χ4n) is 4.00. The molecule has 132 valence electrons. The fourth-order valence-corrected chi connectivity index (χ4v) is 4.00. The third-order valence-corrected chi connectivity index (χ3v) is 5.14. The number of nitrogens with one attached hydrogen (secondary N) is 2. The predicted octanol–water partition coefficient (Wildman–Crippen LogP) is 2.02. The van der Waals surface area contributed by atoms with Crippen molar-refractivity contribution in [3.63, 3.8) is 0 Å². The number of nitrogens with two attached hydrogens (primary N) is 1. The van der Waals surface area contributed by atoms with E-state index >= 15 is 0 Å². The van der Waals surface area contributed by atoms with Gasteiger partial charge in [0.25, 0.3) is 0 Å². The Morgan fingerprint density at radius 2 is 2.19 bits per heavy atom. The summed E-state index contributed by atoms with van der Waals surface area (Å²) in [7, 11) is 0. The first kappa shape index (κ1) is 15.0. The average Bonchev–Trinajstić information content (AvgIpc) is 3.25. The molecule has 4 aromatic rings. The number of imidazole rings is 1. The van der Waals surface area contributed by atoms with E-state index in [1.807, 2.05) is 29.0 Å². The van der Waals surface area contributed by atoms with Crippen LogP contribution in [0.5, 0.6) is 0 Å². The maximum absolute atomic E-state index is 12.7. The van der Waals surface area contributed by atoms with Gasteiger partial charge in [-0.05, 0) is 31.0 Å². The standard InChI is InChI=1S/C18H19N7O/c19-13-4-1-6-21-17(13)24-8-2-3-11(10-24)25-15-12-5-7-20-16(12)22-9-14(15)23-18(25)26/h1,4-7,9,11H,2-3,8,10,19H2,(H,20,22)(H,23,26). The van der Waals surface area contributed by atoms with Crippen molar-refractivity contribution in [3.8, 4) is 0 Å². The molecule has 0 bridgehead atoms. The highest BCUT2D eigenvalue weighted by molar-refractivity contribution is 6.00. The first-order valence-corrected chi connectivity index (χ1v) is 8.74. The lowest BCUT2D eigenvalue weighted by Gasteiger charge is -2.34. The number of hydrogen-bond donors (Lipinski definition) is 3. The predicted molar refractivity (Wildman–Crippen MR) is 101 cm³/mol. The minimum atomic E-state index is -0.101. The first-order chi connectivity index (χ1) is 12.7. The van der Waals surface area contributed by atoms with Gasteiger partial charge in [-0.25, -0.2) is 14.8 Å². The Bertz CT molecular complexity index is 1160. The van der Waals surface area contributed by atoms with Gasteiger partial charge in [-0.2, -0.15) is 0 Å². The van der Waals surface area contributed by atoms with Crippen LogP contribution in [0.25, 0.3) is 22.1 Å². The lowest BCUT2D eigenvalue weighted by molar-refractivity contribution is 0.404. The Hall–Kier alpha value is -3.29. The quantitative estimate of drug-likeness (QED) is 0.513. The number of fused-ring (bicyclic) bond motifs is 3. The van der Waals surface area contributed by atoms with Gasteiger partial charge in [0.05, 0.1) is 29.0 Å². The number of anilines is 2. The van der Waals surface area contributed by atoms with Gasteiger partial charge in [-0.3, -0.25) is 4.57 Å². The van der Waals surface area contributed by atoms with Gasteiger partial charge in [-0.15, -0.1) is 0 Å². The van der Waals surface area contributed by atoms with Crippen LogP contribution in [0.1, 0.15) is 18.9 Å². The zero-order valence-electron chi connectivity index (χ0n) is 14.1. The highest BCUT2D eigenvalue weighted by atomic mass is 16.1. The Labute approximate surface area is 148 Å². The van der Waals surface area contributed by atoms with Crippen molar-refractivity contribution in [1.29, 1.82) is 0 Å². The maximum atomic E-state index is 12.7. The fraction of sp³-hybridized carbons (Fsp3) is 0.278. The monoisotopic (exact) mass is 349 g/mol. The molecule has 4 aromatic heterocycles. The molecular formula is C18H19N7O. The van der Waals surface area contributed by atoms with Gasteiger partial charge in [0.15, 0.2) is 5.82 Å². The summed E-state index contributed by atoms with van der Waals surface area (Å²) in [5, 5.41) is 0.954. The summed E-state index contributed by atoms with van der Waals surface area (Å²) in [5.74, 6) is 0.790. The summed E-state index contributed by atoms with van der Waals surface area (Å²) in [6.45, 7) is 1.58. The van der Waals surface area contributed by atoms with Crippen molar-refractivity contribution in [2.75, 3.05) is 23.7 Å². The maximum Gasteiger partial charge on any atom is 0.326 e. The van der Waals surface area contributed by atoms with Crippen LogP contribution in [0.3, 0.4) is 0 Å². The molecule has 0 aliphatic carbocycles. The third kappa shape index (κ3) is 2.18. The van der Waals surface area contributed by atoms with Crippen molar-refractivity contribution in [3.05, 3.63) is 47.3 Å². The largest absolute Gasteiger partial charge is 0.396 e. The molecule has 1 saturated heterocycles. The molecular weight excluding hydrogens is 330 g/mol. The first-order valence-electron chi connectivity index (χ1n) is 8.74. The second-order valence-electron chi connectivity index (χ2n) is 6.72. The lowest BCUT2D eigenvalue weighted by atomic mass is 10.0. The number of rotatable bonds is 2. The normalized spacial score (nSPS) is 18.0. The second kappa shape index (κ2) is 5.62. The van der Waals surface area contributed by atoms with Crippen LogP contribution in [0, 0.1) is 0 Å². The number of aromatic nitrogens is 5. The minimum Gasteiger partial charge on any atom is -0.396 e. The molecule has 1 atom stereocenters. The van der Waals surface area contributed by atoms with Crippen molar-refractivity contribution < 1.29 is 0 Å². The Morgan fingerprint density at radius 1 is 1.27 bits per heavy atom. The van der Waals surface area contributed by atoms with E-state index in [4.69, 9.17) is 5.73 Å². The molecule has 1 aliphatic rings. The van der Waals surface area contributed by atoms with Crippen molar-refractivity contribution in [2.24, 2.45) is 0 Å². The van der Waals surface area contributed by atoms with Crippen LogP contribution in [0.4, 0.5) is 11.5 Å². The zero-order valence-corrected chi connectivity index (χ0v) is 14.1. The van der Waals surface area contributed by atoms with Crippen LogP contribution >= 0.6 is 0 Å². The molecule has 0 aromatic carbocycles. The topological polar surface area (TPSA) is 109 Å². The summed E-state index contributed by atoms with van der Waals surface area (Å²) in [5.41, 5.74) is 9.12. The molecule has 8 heteroatoms. The van der Waals surface area contributed by atoms with Gasteiger partial charge < -0.3 is 20.6 Å². The van der Waals surface area contributed by atoms with Crippen molar-refractivity contribution in [1.82, 2.24) is 24.5 Å². The van der Waals surface area contributed by atoms with Crippen molar-refractivity contribution >= 4 is 33.6 Å². The van der Waals surface area contributed by atoms with Gasteiger partial charge >= 0.3 is 5.69 Å². The molecule has 0 saturated carbocycles. The summed E-state index contributed by atoms with van der Waals surface area (Å²) >= 11 is 0. The number of pyridine rings is 2. The molecule has 0 radical (unpaired) electrons. The second-order valence-corrected chi connectivity index (χ2v) is 6.72. The van der Waals surface area contributed by atoms with Gasteiger partial charge in [0.1, 0.15) is 5.65 Å². The number of nitrogen functional groups attached to an aromatic ring is 1. The molecule has 5 heterocycles. The number of H-pyrrole nitrogens is 2. The summed E-state index contributed by atoms with van der Waals surface area (Å²) in [4.78, 5) is 29.8. The Kier molecular flexibility index (Phi) is 3.24. The molecule has 4 N–H and O–H groups in total. The van der Waals surface area contributed by atoms with Crippen LogP contribution in [0.2, 0.25) is 0 Å². The van der Waals surface area contributed by atoms with E-state index in [2.05, 4.69) is 24.8 Å². The zero-order chi connectivity index (χ0) is 17.7. The van der Waals surface area contributed by atoms with E-state index < -0.39 is 0 Å². The molecule has 26 heavy (non-hydrogen) atoms. The molecule has 5 rings (SSSR count). The lowest BCUT2D eigenvalue weighted by Crippen LogP contribution is -2.40. The molecule has 1 aliphatic heterocycles. The van der Waals surface area contributed by atoms with Crippen LogP contribution in [-0.4, -0.2) is 37.6 Å². The van der Waals surface area contributed by atoms with Crippen molar-refractivity contribution in [2.45, 2.75) is 18.9 Å². The average molecular weight is 349 g/mol. The smallest absolute Gasteiger partial charge is 0.326 e. The number of aromatic amines is 2. The van der Waals surface area contributed by atoms with E-state index in [0.29, 0.717) is 12.2 Å². The third-order valence-electron chi connectivity index (χ3n) is 5.14. The number of nitrogens with zero attached hydrogens (tertiary/aromatic N) is 4. The highest BCUT2D eigenvalue weighted by Gasteiger charge is 2.26. The number of hydrogen-bond acceptors (Lipinski definition) is 5. The van der Waals surface area contributed by atoms with Gasteiger partial charge in [-0.1, -0.05) is 0 Å². The molecule has 0 amide bonds. The highest BCUT2D eigenvalue weighted by Crippen LogP contribution is 2.30. The Balaban J connectivity index is 1.61. The van der Waals surface area contributed by atoms with Crippen LogP contribution in [-0.2, 0) is 0 Å². The summed E-state index contributed by atoms with van der Waals surface area (Å²) in [6, 6.07) is 5.71. The van der Waals surface area contributed by atoms with Gasteiger partial charge in [0.2, 0.25) is 0 Å². The summed E-state index contributed by atoms with van der Waals surface area (Å²) < 4.78 is 1.87. The van der Waals surface area contributed by atoms with Gasteiger partial charge in [0, 0.05) is 30.9 Å².